The van der Waals surface area contributed by atoms with E-state index in [1.54, 1.807) is 22.3 Å². The van der Waals surface area contributed by atoms with Gasteiger partial charge in [-0.05, 0) is 73.8 Å². The fourth-order valence-electron chi connectivity index (χ4n) is 3.79. The van der Waals surface area contributed by atoms with E-state index in [0.29, 0.717) is 0 Å². The van der Waals surface area contributed by atoms with Crippen molar-refractivity contribution in [2.45, 2.75) is 85.0 Å². The fraction of sp³-hybridized carbons (Fsp3) is 0.684. The number of fused-ring (bicyclic) bond motifs is 1. The van der Waals surface area contributed by atoms with Crippen molar-refractivity contribution in [2.24, 2.45) is 0 Å². The molecular formula is C19H30. The van der Waals surface area contributed by atoms with Gasteiger partial charge in [0.05, 0.1) is 0 Å². The Labute approximate surface area is 119 Å². The molecule has 0 heterocycles. The molecule has 0 saturated heterocycles. The molecule has 1 aromatic rings. The third-order valence-electron chi connectivity index (χ3n) is 4.82. The first-order valence-electron chi connectivity index (χ1n) is 8.35. The first-order valence-corrected chi connectivity index (χ1v) is 8.35. The summed E-state index contributed by atoms with van der Waals surface area (Å²) >= 11 is 0. The van der Waals surface area contributed by atoms with Crippen LogP contribution in [0.25, 0.3) is 0 Å². The van der Waals surface area contributed by atoms with Crippen LogP contribution in [0.3, 0.4) is 0 Å². The van der Waals surface area contributed by atoms with Crippen LogP contribution in [0.15, 0.2) is 6.07 Å². The van der Waals surface area contributed by atoms with E-state index < -0.39 is 0 Å². The second-order valence-corrected chi connectivity index (χ2v) is 6.27. The molecule has 0 nitrogen and oxygen atoms in total. The molecular weight excluding hydrogens is 228 g/mol. The molecule has 0 aromatic heterocycles. The minimum Gasteiger partial charge on any atom is -0.0613 e. The minimum absolute atomic E-state index is 1.20. The largest absolute Gasteiger partial charge is 0.0613 e. The van der Waals surface area contributed by atoms with Crippen LogP contribution < -0.4 is 0 Å². The predicted octanol–water partition coefficient (Wildman–Crippen LogP) is 5.70. The molecule has 2 rings (SSSR count). The van der Waals surface area contributed by atoms with E-state index in [1.807, 2.05) is 0 Å². The topological polar surface area (TPSA) is 0 Å². The summed E-state index contributed by atoms with van der Waals surface area (Å²) in [6, 6.07) is 2.43. The van der Waals surface area contributed by atoms with E-state index in [9.17, 15) is 0 Å². The number of hydrogen-bond donors (Lipinski definition) is 0. The second-order valence-electron chi connectivity index (χ2n) is 6.27. The van der Waals surface area contributed by atoms with Crippen LogP contribution in [0.1, 0.15) is 79.7 Å². The molecule has 0 aliphatic heterocycles. The van der Waals surface area contributed by atoms with Gasteiger partial charge in [0, 0.05) is 0 Å². The van der Waals surface area contributed by atoms with Crippen LogP contribution in [-0.2, 0) is 19.3 Å². The molecule has 0 unspecified atom stereocenters. The van der Waals surface area contributed by atoms with E-state index in [4.69, 9.17) is 0 Å². The van der Waals surface area contributed by atoms with Crippen LogP contribution in [-0.4, -0.2) is 0 Å². The van der Waals surface area contributed by atoms with Crippen molar-refractivity contribution in [3.05, 3.63) is 33.9 Å². The Kier molecular flexibility index (Phi) is 5.48. The SMILES string of the molecule is CCc1c(C)cc(C)c2c1CCCCCCCCC2. The third kappa shape index (κ3) is 3.61. The number of aryl methyl sites for hydroxylation is 2. The van der Waals surface area contributed by atoms with Gasteiger partial charge in [0.15, 0.2) is 0 Å². The molecule has 19 heavy (non-hydrogen) atoms. The van der Waals surface area contributed by atoms with Crippen molar-refractivity contribution >= 4 is 0 Å². The van der Waals surface area contributed by atoms with Gasteiger partial charge < -0.3 is 0 Å². The summed E-state index contributed by atoms with van der Waals surface area (Å²) in [7, 11) is 0. The van der Waals surface area contributed by atoms with Gasteiger partial charge in [0.1, 0.15) is 0 Å². The van der Waals surface area contributed by atoms with Gasteiger partial charge in [0.25, 0.3) is 0 Å². The first kappa shape index (κ1) is 14.6. The lowest BCUT2D eigenvalue weighted by Gasteiger charge is -2.19. The van der Waals surface area contributed by atoms with Crippen LogP contribution in [0, 0.1) is 13.8 Å². The average Bonchev–Trinajstić information content (AvgIpc) is 2.43. The summed E-state index contributed by atoms with van der Waals surface area (Å²) in [5, 5.41) is 0. The van der Waals surface area contributed by atoms with Gasteiger partial charge in [-0.1, -0.05) is 45.1 Å². The standard InChI is InChI=1S/C19H30/c1-4-17-15(2)14-16(3)18-12-10-8-6-5-7-9-11-13-19(17)18/h14H,4-13H2,1-3H3. The maximum atomic E-state index is 2.43. The Bertz CT molecular complexity index is 415. The molecule has 1 aromatic carbocycles. The zero-order chi connectivity index (χ0) is 13.7. The highest BCUT2D eigenvalue weighted by molar-refractivity contribution is 5.45. The van der Waals surface area contributed by atoms with Crippen molar-refractivity contribution in [2.75, 3.05) is 0 Å². The van der Waals surface area contributed by atoms with Crippen molar-refractivity contribution in [3.63, 3.8) is 0 Å². The molecule has 0 heteroatoms. The maximum absolute atomic E-state index is 2.43. The lowest BCUT2D eigenvalue weighted by molar-refractivity contribution is 0.587. The van der Waals surface area contributed by atoms with E-state index >= 15 is 0 Å². The second kappa shape index (κ2) is 7.12. The molecule has 1 aliphatic carbocycles. The number of benzene rings is 1. The van der Waals surface area contributed by atoms with Gasteiger partial charge in [0.2, 0.25) is 0 Å². The zero-order valence-corrected chi connectivity index (χ0v) is 13.1. The maximum Gasteiger partial charge on any atom is -0.0273 e. The molecule has 106 valence electrons. The minimum atomic E-state index is 1.20. The summed E-state index contributed by atoms with van der Waals surface area (Å²) in [6.45, 7) is 6.95. The number of hydrogen-bond acceptors (Lipinski definition) is 0. The van der Waals surface area contributed by atoms with Crippen LogP contribution >= 0.6 is 0 Å². The Hall–Kier alpha value is -0.780. The predicted molar refractivity (Wildman–Crippen MR) is 85.0 cm³/mol. The highest BCUT2D eigenvalue weighted by Gasteiger charge is 2.13. The van der Waals surface area contributed by atoms with Gasteiger partial charge >= 0.3 is 0 Å². The highest BCUT2D eigenvalue weighted by Crippen LogP contribution is 2.28. The van der Waals surface area contributed by atoms with E-state index in [-0.39, 0.29) is 0 Å². The summed E-state index contributed by atoms with van der Waals surface area (Å²) in [6.07, 6.45) is 13.8. The quantitative estimate of drug-likeness (QED) is 0.606. The van der Waals surface area contributed by atoms with Crippen LogP contribution in [0.5, 0.6) is 0 Å². The average molecular weight is 258 g/mol. The van der Waals surface area contributed by atoms with E-state index in [2.05, 4.69) is 26.8 Å². The monoisotopic (exact) mass is 258 g/mol. The van der Waals surface area contributed by atoms with Crippen molar-refractivity contribution in [1.82, 2.24) is 0 Å². The normalized spacial score (nSPS) is 17.6. The molecule has 0 fully saturated rings. The van der Waals surface area contributed by atoms with Crippen molar-refractivity contribution < 1.29 is 0 Å². The summed E-state index contributed by atoms with van der Waals surface area (Å²) < 4.78 is 0. The molecule has 0 N–H and O–H groups in total. The molecule has 0 amide bonds. The van der Waals surface area contributed by atoms with E-state index in [0.717, 1.165) is 0 Å². The summed E-state index contributed by atoms with van der Waals surface area (Å²) in [5.74, 6) is 0. The Morgan fingerprint density at radius 2 is 1.26 bits per heavy atom. The molecule has 1 aliphatic rings. The lowest BCUT2D eigenvalue weighted by atomic mass is 9.86. The van der Waals surface area contributed by atoms with Crippen molar-refractivity contribution in [3.8, 4) is 0 Å². The molecule has 0 saturated carbocycles. The van der Waals surface area contributed by atoms with Crippen molar-refractivity contribution in [1.29, 1.82) is 0 Å². The molecule has 0 bridgehead atoms. The Morgan fingerprint density at radius 3 is 1.84 bits per heavy atom. The summed E-state index contributed by atoms with van der Waals surface area (Å²) in [5.41, 5.74) is 8.14. The van der Waals surface area contributed by atoms with Gasteiger partial charge in [-0.2, -0.15) is 0 Å². The van der Waals surface area contributed by atoms with E-state index in [1.165, 1.54) is 69.8 Å². The van der Waals surface area contributed by atoms with Crippen LogP contribution in [0.4, 0.5) is 0 Å². The third-order valence-corrected chi connectivity index (χ3v) is 4.82. The Morgan fingerprint density at radius 1 is 0.737 bits per heavy atom. The Balaban J connectivity index is 2.35. The zero-order valence-electron chi connectivity index (χ0n) is 13.1. The first-order chi connectivity index (χ1) is 9.24. The van der Waals surface area contributed by atoms with Gasteiger partial charge in [-0.25, -0.2) is 0 Å². The fourth-order valence-corrected chi connectivity index (χ4v) is 3.79. The summed E-state index contributed by atoms with van der Waals surface area (Å²) in [4.78, 5) is 0. The van der Waals surface area contributed by atoms with Gasteiger partial charge in [-0.15, -0.1) is 0 Å². The van der Waals surface area contributed by atoms with Gasteiger partial charge in [-0.3, -0.25) is 0 Å². The molecule has 0 atom stereocenters. The highest BCUT2D eigenvalue weighted by atomic mass is 14.2. The smallest absolute Gasteiger partial charge is 0.0273 e. The van der Waals surface area contributed by atoms with Crippen LogP contribution in [0.2, 0.25) is 0 Å². The molecule has 0 spiro atoms. The molecule has 0 radical (unpaired) electrons. The lowest BCUT2D eigenvalue weighted by Crippen LogP contribution is -2.05. The number of rotatable bonds is 1.